The van der Waals surface area contributed by atoms with E-state index in [-0.39, 0.29) is 18.9 Å². The van der Waals surface area contributed by atoms with Crippen molar-refractivity contribution in [1.29, 1.82) is 0 Å². The van der Waals surface area contributed by atoms with Gasteiger partial charge in [0.05, 0.1) is 12.7 Å². The normalized spacial score (nSPS) is 14.9. The molecule has 2 heterocycles. The number of fused-ring (bicyclic) bond motifs is 1. The van der Waals surface area contributed by atoms with E-state index in [1.807, 2.05) is 25.1 Å². The monoisotopic (exact) mass is 315 g/mol. The standard InChI is InChI=1S/C18H21NO4/c1-13-5-6-15-14(11-22-16(15)9-13)10-18(21)23-12-17(20)19-7-3-2-4-8-19/h5-6,9,11H,2-4,7-8,10,12H2,1H3. The number of piperidine rings is 1. The summed E-state index contributed by atoms with van der Waals surface area (Å²) in [7, 11) is 0. The SMILES string of the molecule is Cc1ccc2c(CC(=O)OCC(=O)N3CCCCC3)coc2c1. The Bertz CT molecular complexity index is 713. The Morgan fingerprint density at radius 1 is 1.22 bits per heavy atom. The second-order valence-corrected chi connectivity index (χ2v) is 6.04. The number of aryl methyl sites for hydroxylation is 1. The molecule has 1 fully saturated rings. The molecule has 0 atom stereocenters. The fourth-order valence-corrected chi connectivity index (χ4v) is 2.91. The summed E-state index contributed by atoms with van der Waals surface area (Å²) in [5.74, 6) is -0.510. The number of rotatable bonds is 4. The zero-order valence-electron chi connectivity index (χ0n) is 13.3. The molecule has 0 aliphatic carbocycles. The minimum atomic E-state index is -0.404. The lowest BCUT2D eigenvalue weighted by Gasteiger charge is -2.26. The summed E-state index contributed by atoms with van der Waals surface area (Å²) in [6.45, 7) is 3.35. The van der Waals surface area contributed by atoms with Crippen LogP contribution < -0.4 is 0 Å². The van der Waals surface area contributed by atoms with Crippen LogP contribution in [0.25, 0.3) is 11.0 Å². The van der Waals surface area contributed by atoms with Crippen molar-refractivity contribution in [2.24, 2.45) is 0 Å². The third-order valence-corrected chi connectivity index (χ3v) is 4.21. The first-order valence-electron chi connectivity index (χ1n) is 8.03. The van der Waals surface area contributed by atoms with Crippen LogP contribution in [0.4, 0.5) is 0 Å². The van der Waals surface area contributed by atoms with Gasteiger partial charge in [0, 0.05) is 24.0 Å². The van der Waals surface area contributed by atoms with E-state index in [4.69, 9.17) is 9.15 Å². The van der Waals surface area contributed by atoms with Gasteiger partial charge in [-0.2, -0.15) is 0 Å². The highest BCUT2D eigenvalue weighted by Crippen LogP contribution is 2.23. The molecule has 1 aromatic carbocycles. The second-order valence-electron chi connectivity index (χ2n) is 6.04. The Balaban J connectivity index is 1.55. The van der Waals surface area contributed by atoms with Gasteiger partial charge in [0.1, 0.15) is 5.58 Å². The van der Waals surface area contributed by atoms with Crippen LogP contribution in [0.1, 0.15) is 30.4 Å². The summed E-state index contributed by atoms with van der Waals surface area (Å²) in [5, 5.41) is 0.912. The van der Waals surface area contributed by atoms with Crippen LogP contribution in [0.15, 0.2) is 28.9 Å². The van der Waals surface area contributed by atoms with Gasteiger partial charge in [-0.25, -0.2) is 0 Å². The van der Waals surface area contributed by atoms with Crippen molar-refractivity contribution >= 4 is 22.8 Å². The smallest absolute Gasteiger partial charge is 0.310 e. The number of nitrogens with zero attached hydrogens (tertiary/aromatic N) is 1. The number of likely N-dealkylation sites (tertiary alicyclic amines) is 1. The number of hydrogen-bond donors (Lipinski definition) is 0. The molecule has 1 amide bonds. The Labute approximate surface area is 135 Å². The minimum Gasteiger partial charge on any atom is -0.464 e. The van der Waals surface area contributed by atoms with Gasteiger partial charge in [0.25, 0.3) is 5.91 Å². The lowest BCUT2D eigenvalue weighted by molar-refractivity contribution is -0.151. The van der Waals surface area contributed by atoms with Crippen molar-refractivity contribution in [2.75, 3.05) is 19.7 Å². The Hall–Kier alpha value is -2.30. The largest absolute Gasteiger partial charge is 0.464 e. The number of furan rings is 1. The molecule has 0 radical (unpaired) electrons. The molecule has 1 aromatic heterocycles. The van der Waals surface area contributed by atoms with Crippen LogP contribution in [-0.4, -0.2) is 36.5 Å². The maximum Gasteiger partial charge on any atom is 0.310 e. The van der Waals surface area contributed by atoms with Gasteiger partial charge >= 0.3 is 5.97 Å². The topological polar surface area (TPSA) is 59.8 Å². The Kier molecular flexibility index (Phi) is 4.65. The van der Waals surface area contributed by atoms with Crippen LogP contribution >= 0.6 is 0 Å². The summed E-state index contributed by atoms with van der Waals surface area (Å²) >= 11 is 0. The quantitative estimate of drug-likeness (QED) is 0.814. The van der Waals surface area contributed by atoms with Gasteiger partial charge < -0.3 is 14.1 Å². The van der Waals surface area contributed by atoms with E-state index >= 15 is 0 Å². The van der Waals surface area contributed by atoms with Gasteiger partial charge in [-0.15, -0.1) is 0 Å². The third-order valence-electron chi connectivity index (χ3n) is 4.21. The molecule has 5 nitrogen and oxygen atoms in total. The van der Waals surface area contributed by atoms with Crippen molar-refractivity contribution < 1.29 is 18.7 Å². The Morgan fingerprint density at radius 2 is 2.00 bits per heavy atom. The number of esters is 1. The van der Waals surface area contributed by atoms with Gasteiger partial charge in [-0.1, -0.05) is 12.1 Å². The summed E-state index contributed by atoms with van der Waals surface area (Å²) in [4.78, 5) is 25.7. The van der Waals surface area contributed by atoms with Crippen molar-refractivity contribution in [3.05, 3.63) is 35.6 Å². The van der Waals surface area contributed by atoms with E-state index in [1.54, 1.807) is 11.2 Å². The number of carbonyl (C=O) groups excluding carboxylic acids is 2. The number of hydrogen-bond acceptors (Lipinski definition) is 4. The van der Waals surface area contributed by atoms with Crippen LogP contribution in [-0.2, 0) is 20.7 Å². The molecule has 0 bridgehead atoms. The molecule has 1 aliphatic heterocycles. The van der Waals surface area contributed by atoms with Gasteiger partial charge in [0.15, 0.2) is 6.61 Å². The molecule has 23 heavy (non-hydrogen) atoms. The van der Waals surface area contributed by atoms with E-state index in [0.29, 0.717) is 0 Å². The molecule has 122 valence electrons. The lowest BCUT2D eigenvalue weighted by atomic mass is 10.1. The number of ether oxygens (including phenoxy) is 1. The lowest BCUT2D eigenvalue weighted by Crippen LogP contribution is -2.38. The molecule has 1 aliphatic rings. The van der Waals surface area contributed by atoms with Crippen molar-refractivity contribution in [2.45, 2.75) is 32.6 Å². The fraction of sp³-hybridized carbons (Fsp3) is 0.444. The maximum absolute atomic E-state index is 12.0. The first-order valence-corrected chi connectivity index (χ1v) is 8.03. The summed E-state index contributed by atoms with van der Waals surface area (Å²) in [5.41, 5.74) is 2.65. The molecule has 5 heteroatoms. The van der Waals surface area contributed by atoms with Crippen molar-refractivity contribution in [1.82, 2.24) is 4.90 Å². The minimum absolute atomic E-state index is 0.106. The predicted octanol–water partition coefficient (Wildman–Crippen LogP) is 2.84. The first-order chi connectivity index (χ1) is 11.1. The zero-order valence-corrected chi connectivity index (χ0v) is 13.3. The van der Waals surface area contributed by atoms with Crippen LogP contribution in [0, 0.1) is 6.92 Å². The average molecular weight is 315 g/mol. The maximum atomic E-state index is 12.0. The molecule has 0 unspecified atom stereocenters. The summed E-state index contributed by atoms with van der Waals surface area (Å²) < 4.78 is 10.6. The van der Waals surface area contributed by atoms with Gasteiger partial charge in [-0.05, 0) is 37.8 Å². The summed E-state index contributed by atoms with van der Waals surface area (Å²) in [6.07, 6.45) is 4.91. The second kappa shape index (κ2) is 6.86. The van der Waals surface area contributed by atoms with E-state index in [9.17, 15) is 9.59 Å². The van der Waals surface area contributed by atoms with Gasteiger partial charge in [-0.3, -0.25) is 9.59 Å². The molecule has 0 saturated carbocycles. The van der Waals surface area contributed by atoms with E-state index in [2.05, 4.69) is 0 Å². The average Bonchev–Trinajstić information content (AvgIpc) is 2.95. The molecule has 3 rings (SSSR count). The van der Waals surface area contributed by atoms with E-state index in [1.165, 1.54) is 0 Å². The van der Waals surface area contributed by atoms with Crippen molar-refractivity contribution in [3.63, 3.8) is 0 Å². The van der Waals surface area contributed by atoms with Gasteiger partial charge in [0.2, 0.25) is 0 Å². The number of benzene rings is 1. The van der Waals surface area contributed by atoms with Crippen molar-refractivity contribution in [3.8, 4) is 0 Å². The molecular weight excluding hydrogens is 294 g/mol. The third kappa shape index (κ3) is 3.73. The van der Waals surface area contributed by atoms with E-state index < -0.39 is 5.97 Å². The van der Waals surface area contributed by atoms with Crippen LogP contribution in [0.5, 0.6) is 0 Å². The summed E-state index contributed by atoms with van der Waals surface area (Å²) in [6, 6.07) is 5.85. The first kappa shape index (κ1) is 15.6. The highest BCUT2D eigenvalue weighted by molar-refractivity contribution is 5.87. The molecular formula is C18H21NO4. The molecule has 0 spiro atoms. The zero-order chi connectivity index (χ0) is 16.2. The Morgan fingerprint density at radius 3 is 2.78 bits per heavy atom. The van der Waals surface area contributed by atoms with Crippen LogP contribution in [0.2, 0.25) is 0 Å². The molecule has 0 N–H and O–H groups in total. The highest BCUT2D eigenvalue weighted by atomic mass is 16.5. The number of carbonyl (C=O) groups is 2. The molecule has 2 aromatic rings. The molecule has 1 saturated heterocycles. The van der Waals surface area contributed by atoms with E-state index in [0.717, 1.165) is 54.4 Å². The highest BCUT2D eigenvalue weighted by Gasteiger charge is 2.18. The van der Waals surface area contributed by atoms with Crippen LogP contribution in [0.3, 0.4) is 0 Å². The number of amides is 1. The predicted molar refractivity (Wildman–Crippen MR) is 86.0 cm³/mol. The fourth-order valence-electron chi connectivity index (χ4n) is 2.91.